The Morgan fingerprint density at radius 3 is 2.48 bits per heavy atom. The molecule has 0 aliphatic carbocycles. The second kappa shape index (κ2) is 10.2. The lowest BCUT2D eigenvalue weighted by molar-refractivity contribution is 0.510. The maximum Gasteiger partial charge on any atom is 0.180 e. The highest BCUT2D eigenvalue weighted by Crippen LogP contribution is 2.21. The van der Waals surface area contributed by atoms with E-state index in [0.717, 1.165) is 24.1 Å². The summed E-state index contributed by atoms with van der Waals surface area (Å²) in [5, 5.41) is 2.67. The highest BCUT2D eigenvalue weighted by molar-refractivity contribution is 7.83. The third-order valence-corrected chi connectivity index (χ3v) is 3.65. The third kappa shape index (κ3) is 6.14. The van der Waals surface area contributed by atoms with Crippen LogP contribution >= 0.6 is 24.0 Å². The van der Waals surface area contributed by atoms with E-state index in [-0.39, 0.29) is 0 Å². The second-order valence-corrected chi connectivity index (χ2v) is 5.41. The topological polar surface area (TPSA) is 38.9 Å². The molecule has 5 heteroatoms. The summed E-state index contributed by atoms with van der Waals surface area (Å²) >= 11 is 5.34. The van der Waals surface area contributed by atoms with E-state index in [9.17, 15) is 0 Å². The van der Waals surface area contributed by atoms with Gasteiger partial charge in [-0.1, -0.05) is 32.6 Å². The number of nitrogens with zero attached hydrogens (tertiary/aromatic N) is 2. The Balaban J connectivity index is 0.000000190. The van der Waals surface area contributed by atoms with E-state index in [1.54, 1.807) is 17.5 Å². The van der Waals surface area contributed by atoms with Gasteiger partial charge in [0, 0.05) is 6.42 Å². The minimum Gasteiger partial charge on any atom is -0.449 e. The van der Waals surface area contributed by atoms with E-state index in [0.29, 0.717) is 0 Å². The molecule has 1 aromatic carbocycles. The molecular weight excluding hydrogens is 300 g/mol. The number of rotatable bonds is 2. The smallest absolute Gasteiger partial charge is 0.180 e. The van der Waals surface area contributed by atoms with Crippen LogP contribution < -0.4 is 0 Å². The van der Waals surface area contributed by atoms with Crippen molar-refractivity contribution in [1.82, 2.24) is 9.97 Å². The lowest BCUT2D eigenvalue weighted by Gasteiger charge is -1.80. The highest BCUT2D eigenvalue weighted by Gasteiger charge is 1.98. The number of thiol groups is 1. The molecule has 0 radical (unpaired) electrons. The van der Waals surface area contributed by atoms with Crippen molar-refractivity contribution in [3.63, 3.8) is 0 Å². The van der Waals surface area contributed by atoms with E-state index in [1.165, 1.54) is 21.5 Å². The molecule has 0 amide bonds. The zero-order valence-corrected chi connectivity index (χ0v) is 14.0. The Labute approximate surface area is 135 Å². The molecule has 3 rings (SSSR count). The minimum absolute atomic E-state index is 0.931. The fourth-order valence-electron chi connectivity index (χ4n) is 1.49. The zero-order valence-electron chi connectivity index (χ0n) is 12.3. The van der Waals surface area contributed by atoms with Crippen LogP contribution in [0.3, 0.4) is 0 Å². The first kappa shape index (κ1) is 17.5. The van der Waals surface area contributed by atoms with Crippen LogP contribution in [0.5, 0.6) is 0 Å². The summed E-state index contributed by atoms with van der Waals surface area (Å²) in [4.78, 5) is 8.18. The SMILES string of the molecule is C=CS.CCc1cnco1.CCc1nc2ccccc2s1. The Morgan fingerprint density at radius 2 is 2.00 bits per heavy atom. The number of thiazole rings is 1. The monoisotopic (exact) mass is 320 g/mol. The van der Waals surface area contributed by atoms with Gasteiger partial charge in [-0.05, 0) is 24.0 Å². The van der Waals surface area contributed by atoms with Gasteiger partial charge in [-0.25, -0.2) is 9.97 Å². The molecule has 0 atom stereocenters. The number of aryl methyl sites for hydroxylation is 2. The van der Waals surface area contributed by atoms with Gasteiger partial charge in [-0.3, -0.25) is 0 Å². The number of hydrogen-bond donors (Lipinski definition) is 1. The quantitative estimate of drug-likeness (QED) is 0.663. The molecule has 0 saturated heterocycles. The normalized spacial score (nSPS) is 9.29. The number of benzene rings is 1. The van der Waals surface area contributed by atoms with Crippen molar-refractivity contribution in [1.29, 1.82) is 0 Å². The van der Waals surface area contributed by atoms with Crippen LogP contribution in [0.4, 0.5) is 0 Å². The van der Waals surface area contributed by atoms with E-state index in [1.807, 2.05) is 13.0 Å². The minimum atomic E-state index is 0.931. The molecule has 112 valence electrons. The lowest BCUT2D eigenvalue weighted by Crippen LogP contribution is -1.73. The summed E-state index contributed by atoms with van der Waals surface area (Å²) in [5.41, 5.74) is 1.13. The van der Waals surface area contributed by atoms with Crippen LogP contribution in [0, 0.1) is 0 Å². The molecule has 0 aliphatic rings. The first-order chi connectivity index (χ1) is 10.2. The van der Waals surface area contributed by atoms with Crippen molar-refractivity contribution in [3.8, 4) is 0 Å². The molecule has 0 aliphatic heterocycles. The van der Waals surface area contributed by atoms with Crippen LogP contribution in [0.1, 0.15) is 24.6 Å². The van der Waals surface area contributed by atoms with E-state index in [4.69, 9.17) is 4.42 Å². The molecule has 0 saturated carbocycles. The van der Waals surface area contributed by atoms with Crippen LogP contribution in [0.15, 0.2) is 53.3 Å². The molecule has 3 nitrogen and oxygen atoms in total. The van der Waals surface area contributed by atoms with Crippen molar-refractivity contribution in [2.45, 2.75) is 26.7 Å². The lowest BCUT2D eigenvalue weighted by atomic mass is 10.3. The maximum atomic E-state index is 4.87. The van der Waals surface area contributed by atoms with Crippen molar-refractivity contribution in [3.05, 3.63) is 59.6 Å². The Hall–Kier alpha value is -1.59. The standard InChI is InChI=1S/C9H9NS.C5H7NO.C2H4S/c1-2-9-10-7-5-3-4-6-8(7)11-9;1-2-5-3-6-4-7-5;1-2-3/h3-6H,2H2,1H3;3-4H,2H2,1H3;2-3H,1H2. The van der Waals surface area contributed by atoms with E-state index >= 15 is 0 Å². The van der Waals surface area contributed by atoms with Gasteiger partial charge in [0.15, 0.2) is 6.39 Å². The molecule has 2 heterocycles. The summed E-state index contributed by atoms with van der Waals surface area (Å²) in [6, 6.07) is 8.26. The van der Waals surface area contributed by atoms with Crippen molar-refractivity contribution in [2.24, 2.45) is 0 Å². The molecule has 0 N–H and O–H groups in total. The number of fused-ring (bicyclic) bond motifs is 1. The van der Waals surface area contributed by atoms with Crippen molar-refractivity contribution >= 4 is 34.2 Å². The highest BCUT2D eigenvalue weighted by atomic mass is 32.1. The Bertz CT molecular complexity index is 600. The molecule has 0 unspecified atom stereocenters. The predicted molar refractivity (Wildman–Crippen MR) is 94.1 cm³/mol. The van der Waals surface area contributed by atoms with Crippen molar-refractivity contribution < 1.29 is 4.42 Å². The molecule has 0 spiro atoms. The molecule has 0 bridgehead atoms. The summed E-state index contributed by atoms with van der Waals surface area (Å²) in [7, 11) is 0. The number of oxazole rings is 1. The summed E-state index contributed by atoms with van der Waals surface area (Å²) in [5.74, 6) is 0.944. The number of aromatic nitrogens is 2. The molecular formula is C16H20N2OS2. The first-order valence-corrected chi connectivity index (χ1v) is 8.05. The second-order valence-electron chi connectivity index (χ2n) is 3.93. The van der Waals surface area contributed by atoms with Gasteiger partial charge in [0.05, 0.1) is 21.4 Å². The average Bonchev–Trinajstić information content (AvgIpc) is 3.17. The van der Waals surface area contributed by atoms with E-state index < -0.39 is 0 Å². The Kier molecular flexibility index (Phi) is 8.47. The Morgan fingerprint density at radius 1 is 1.29 bits per heavy atom. The summed E-state index contributed by atoms with van der Waals surface area (Å²) in [6.45, 7) is 7.39. The average molecular weight is 320 g/mol. The van der Waals surface area contributed by atoms with Gasteiger partial charge in [-0.2, -0.15) is 12.6 Å². The summed E-state index contributed by atoms with van der Waals surface area (Å²) < 4.78 is 6.17. The fourth-order valence-corrected chi connectivity index (χ4v) is 2.39. The van der Waals surface area contributed by atoms with Crippen LogP contribution in [0.25, 0.3) is 10.2 Å². The van der Waals surface area contributed by atoms with Gasteiger partial charge in [0.1, 0.15) is 5.76 Å². The van der Waals surface area contributed by atoms with Crippen LogP contribution in [-0.4, -0.2) is 9.97 Å². The maximum absolute atomic E-state index is 4.87. The van der Waals surface area contributed by atoms with E-state index in [2.05, 4.69) is 54.3 Å². The van der Waals surface area contributed by atoms with Crippen molar-refractivity contribution in [2.75, 3.05) is 0 Å². The third-order valence-electron chi connectivity index (χ3n) is 2.47. The van der Waals surface area contributed by atoms with Gasteiger partial charge in [-0.15, -0.1) is 11.3 Å². The van der Waals surface area contributed by atoms with Gasteiger partial charge in [0.25, 0.3) is 0 Å². The largest absolute Gasteiger partial charge is 0.449 e. The summed E-state index contributed by atoms with van der Waals surface area (Å²) in [6.07, 6.45) is 5.14. The number of para-hydroxylation sites is 1. The number of hydrogen-bond acceptors (Lipinski definition) is 5. The molecule has 21 heavy (non-hydrogen) atoms. The molecule has 2 aromatic heterocycles. The zero-order chi connectivity index (χ0) is 15.5. The van der Waals surface area contributed by atoms with Gasteiger partial charge >= 0.3 is 0 Å². The van der Waals surface area contributed by atoms with Crippen LogP contribution in [0.2, 0.25) is 0 Å². The molecule has 3 aromatic rings. The van der Waals surface area contributed by atoms with Crippen LogP contribution in [-0.2, 0) is 12.8 Å². The van der Waals surface area contributed by atoms with Gasteiger partial charge in [0.2, 0.25) is 0 Å². The predicted octanol–water partition coefficient (Wildman–Crippen LogP) is 5.16. The fraction of sp³-hybridized carbons (Fsp3) is 0.250. The van der Waals surface area contributed by atoms with Gasteiger partial charge < -0.3 is 4.42 Å². The molecule has 0 fully saturated rings. The first-order valence-electron chi connectivity index (χ1n) is 6.72.